The molecule has 1 aliphatic rings. The van der Waals surface area contributed by atoms with E-state index in [1.54, 1.807) is 11.0 Å². The van der Waals surface area contributed by atoms with Crippen LogP contribution in [-0.2, 0) is 6.61 Å². The summed E-state index contributed by atoms with van der Waals surface area (Å²) in [7, 11) is 0. The maximum absolute atomic E-state index is 13.2. The van der Waals surface area contributed by atoms with Gasteiger partial charge in [0.15, 0.2) is 5.76 Å². The topological polar surface area (TPSA) is 63.0 Å². The lowest BCUT2D eigenvalue weighted by Crippen LogP contribution is -2.50. The third-order valence-electron chi connectivity index (χ3n) is 5.95. The minimum absolute atomic E-state index is 0.00570. The Balaban J connectivity index is 1.23. The van der Waals surface area contributed by atoms with Crippen molar-refractivity contribution < 1.29 is 18.7 Å². The Morgan fingerprint density at radius 1 is 0.758 bits per heavy atom. The summed E-state index contributed by atoms with van der Waals surface area (Å²) in [6.07, 6.45) is 1.51. The summed E-state index contributed by atoms with van der Waals surface area (Å²) in [6.45, 7) is 2.11. The van der Waals surface area contributed by atoms with Crippen LogP contribution in [0.4, 0.5) is 0 Å². The summed E-state index contributed by atoms with van der Waals surface area (Å²) in [6, 6.07) is 24.9. The molecule has 33 heavy (non-hydrogen) atoms. The molecule has 4 aromatic rings. The van der Waals surface area contributed by atoms with Crippen molar-refractivity contribution in [3.8, 4) is 5.75 Å². The first-order chi connectivity index (χ1) is 16.2. The van der Waals surface area contributed by atoms with Crippen LogP contribution in [-0.4, -0.2) is 47.8 Å². The zero-order valence-corrected chi connectivity index (χ0v) is 18.1. The summed E-state index contributed by atoms with van der Waals surface area (Å²) >= 11 is 0. The van der Waals surface area contributed by atoms with Crippen LogP contribution >= 0.6 is 0 Å². The molecule has 2 heterocycles. The van der Waals surface area contributed by atoms with E-state index in [0.717, 1.165) is 16.5 Å². The molecule has 1 aliphatic heterocycles. The molecule has 0 bridgehead atoms. The van der Waals surface area contributed by atoms with Crippen molar-refractivity contribution in [3.05, 3.63) is 102 Å². The van der Waals surface area contributed by atoms with Crippen molar-refractivity contribution >= 4 is 22.6 Å². The van der Waals surface area contributed by atoms with Gasteiger partial charge in [-0.1, -0.05) is 54.6 Å². The molecule has 1 saturated heterocycles. The van der Waals surface area contributed by atoms with Crippen molar-refractivity contribution in [2.24, 2.45) is 0 Å². The van der Waals surface area contributed by atoms with Gasteiger partial charge in [0, 0.05) is 37.3 Å². The van der Waals surface area contributed by atoms with E-state index in [2.05, 4.69) is 0 Å². The molecule has 6 heteroatoms. The van der Waals surface area contributed by atoms with Crippen LogP contribution in [0.25, 0.3) is 10.8 Å². The van der Waals surface area contributed by atoms with E-state index >= 15 is 0 Å². The molecule has 0 atom stereocenters. The number of piperazine rings is 1. The van der Waals surface area contributed by atoms with E-state index in [0.29, 0.717) is 43.1 Å². The number of furan rings is 1. The minimum atomic E-state index is -0.177. The largest absolute Gasteiger partial charge is 0.489 e. The van der Waals surface area contributed by atoms with Gasteiger partial charge in [0.2, 0.25) is 0 Å². The van der Waals surface area contributed by atoms with Gasteiger partial charge in [-0.2, -0.15) is 0 Å². The van der Waals surface area contributed by atoms with Gasteiger partial charge in [-0.25, -0.2) is 0 Å². The van der Waals surface area contributed by atoms with Crippen LogP contribution in [0.15, 0.2) is 89.5 Å². The molecule has 166 valence electrons. The van der Waals surface area contributed by atoms with E-state index in [9.17, 15) is 9.59 Å². The Kier molecular flexibility index (Phi) is 5.81. The van der Waals surface area contributed by atoms with Crippen molar-refractivity contribution in [1.29, 1.82) is 0 Å². The van der Waals surface area contributed by atoms with Gasteiger partial charge in [-0.05, 0) is 35.0 Å². The SMILES string of the molecule is O=C(c1occc1COc1ccccc1)N1CCN(C(=O)c2cccc3ccccc23)CC1. The molecular weight excluding hydrogens is 416 g/mol. The average Bonchev–Trinajstić information content (AvgIpc) is 3.36. The Morgan fingerprint density at radius 3 is 2.21 bits per heavy atom. The van der Waals surface area contributed by atoms with E-state index in [4.69, 9.17) is 9.15 Å². The average molecular weight is 440 g/mol. The van der Waals surface area contributed by atoms with Gasteiger partial charge in [0.05, 0.1) is 6.26 Å². The number of amides is 2. The molecule has 0 N–H and O–H groups in total. The highest BCUT2D eigenvalue weighted by Crippen LogP contribution is 2.22. The van der Waals surface area contributed by atoms with Gasteiger partial charge >= 0.3 is 0 Å². The molecule has 0 spiro atoms. The normalized spacial score (nSPS) is 13.8. The number of carbonyl (C=O) groups is 2. The standard InChI is InChI=1S/C27H24N2O4/c30-26(24-12-6-8-20-7-4-5-11-23(20)24)28-14-16-29(17-15-28)27(31)25-21(13-18-32-25)19-33-22-9-2-1-3-10-22/h1-13,18H,14-17,19H2. The van der Waals surface area contributed by atoms with E-state index in [1.807, 2.05) is 77.7 Å². The highest BCUT2D eigenvalue weighted by molar-refractivity contribution is 6.07. The van der Waals surface area contributed by atoms with Gasteiger partial charge in [-0.15, -0.1) is 0 Å². The van der Waals surface area contributed by atoms with E-state index in [1.165, 1.54) is 6.26 Å². The first-order valence-electron chi connectivity index (χ1n) is 11.0. The van der Waals surface area contributed by atoms with Crippen LogP contribution in [0.3, 0.4) is 0 Å². The maximum atomic E-state index is 13.2. The predicted octanol–water partition coefficient (Wildman–Crippen LogP) is 4.61. The van der Waals surface area contributed by atoms with Crippen LogP contribution in [0.5, 0.6) is 5.75 Å². The van der Waals surface area contributed by atoms with Gasteiger partial charge in [0.25, 0.3) is 11.8 Å². The van der Waals surface area contributed by atoms with Gasteiger partial charge in [0.1, 0.15) is 12.4 Å². The number of hydrogen-bond donors (Lipinski definition) is 0. The molecule has 1 aromatic heterocycles. The summed E-state index contributed by atoms with van der Waals surface area (Å²) in [5.74, 6) is 0.843. The molecule has 2 amide bonds. The van der Waals surface area contributed by atoms with Gasteiger partial charge in [-0.3, -0.25) is 9.59 Å². The Morgan fingerprint density at radius 2 is 1.42 bits per heavy atom. The molecule has 0 unspecified atom stereocenters. The monoisotopic (exact) mass is 440 g/mol. The van der Waals surface area contributed by atoms with E-state index in [-0.39, 0.29) is 18.4 Å². The number of benzene rings is 3. The Hall–Kier alpha value is -4.06. The predicted molar refractivity (Wildman–Crippen MR) is 125 cm³/mol. The number of rotatable bonds is 5. The van der Waals surface area contributed by atoms with Crippen LogP contribution in [0, 0.1) is 0 Å². The first kappa shape index (κ1) is 20.8. The van der Waals surface area contributed by atoms with Crippen molar-refractivity contribution in [2.75, 3.05) is 26.2 Å². The second-order valence-electron chi connectivity index (χ2n) is 7.99. The zero-order valence-electron chi connectivity index (χ0n) is 18.1. The maximum Gasteiger partial charge on any atom is 0.290 e. The summed E-state index contributed by atoms with van der Waals surface area (Å²) < 4.78 is 11.3. The molecule has 5 rings (SSSR count). The van der Waals surface area contributed by atoms with Crippen LogP contribution in [0.2, 0.25) is 0 Å². The third kappa shape index (κ3) is 4.32. The smallest absolute Gasteiger partial charge is 0.290 e. The fraction of sp³-hybridized carbons (Fsp3) is 0.185. The molecule has 6 nitrogen and oxygen atoms in total. The highest BCUT2D eigenvalue weighted by atomic mass is 16.5. The Bertz CT molecular complexity index is 1270. The zero-order chi connectivity index (χ0) is 22.6. The second-order valence-corrected chi connectivity index (χ2v) is 7.99. The van der Waals surface area contributed by atoms with Crippen molar-refractivity contribution in [2.45, 2.75) is 6.61 Å². The van der Waals surface area contributed by atoms with Crippen LogP contribution < -0.4 is 4.74 Å². The summed E-state index contributed by atoms with van der Waals surface area (Å²) in [5, 5.41) is 1.99. The number of para-hydroxylation sites is 1. The molecule has 1 fully saturated rings. The number of carbonyl (C=O) groups excluding carboxylic acids is 2. The van der Waals surface area contributed by atoms with Gasteiger partial charge < -0.3 is 19.0 Å². The lowest BCUT2D eigenvalue weighted by atomic mass is 10.0. The number of fused-ring (bicyclic) bond motifs is 1. The fourth-order valence-electron chi connectivity index (χ4n) is 4.15. The quantitative estimate of drug-likeness (QED) is 0.455. The van der Waals surface area contributed by atoms with Crippen LogP contribution in [0.1, 0.15) is 26.5 Å². The molecule has 0 saturated carbocycles. The van der Waals surface area contributed by atoms with Crippen molar-refractivity contribution in [3.63, 3.8) is 0 Å². The highest BCUT2D eigenvalue weighted by Gasteiger charge is 2.28. The molecule has 3 aromatic carbocycles. The number of nitrogens with zero attached hydrogens (tertiary/aromatic N) is 2. The second kappa shape index (κ2) is 9.20. The molecule has 0 radical (unpaired) electrons. The fourth-order valence-corrected chi connectivity index (χ4v) is 4.15. The third-order valence-corrected chi connectivity index (χ3v) is 5.95. The summed E-state index contributed by atoms with van der Waals surface area (Å²) in [4.78, 5) is 29.8. The van der Waals surface area contributed by atoms with Crippen molar-refractivity contribution in [1.82, 2.24) is 9.80 Å². The number of hydrogen-bond acceptors (Lipinski definition) is 4. The number of ether oxygens (including phenoxy) is 1. The lowest BCUT2D eigenvalue weighted by molar-refractivity contribution is 0.0517. The van der Waals surface area contributed by atoms with E-state index < -0.39 is 0 Å². The summed E-state index contributed by atoms with van der Waals surface area (Å²) in [5.41, 5.74) is 1.40. The Labute approximate surface area is 192 Å². The molecular formula is C27H24N2O4. The molecule has 0 aliphatic carbocycles. The lowest BCUT2D eigenvalue weighted by Gasteiger charge is -2.34. The first-order valence-corrected chi connectivity index (χ1v) is 11.0. The minimum Gasteiger partial charge on any atom is -0.489 e.